The molecule has 1 unspecified atom stereocenters. The highest BCUT2D eigenvalue weighted by atomic mass is 16.4. The number of piperidine rings is 1. The number of fused-ring (bicyclic) bond motifs is 4. The van der Waals surface area contributed by atoms with Gasteiger partial charge in [-0.1, -0.05) is 18.2 Å². The number of carboxylic acid groups (broad SMARTS) is 1. The van der Waals surface area contributed by atoms with Crippen molar-refractivity contribution in [1.29, 1.82) is 0 Å². The number of aryl methyl sites for hydroxylation is 1. The lowest BCUT2D eigenvalue weighted by Crippen LogP contribution is -2.49. The van der Waals surface area contributed by atoms with Crippen LogP contribution in [0, 0.1) is 0 Å². The largest absolute Gasteiger partial charge is 0.478 e. The van der Waals surface area contributed by atoms with Crippen LogP contribution in [0.2, 0.25) is 0 Å². The molecule has 1 aliphatic carbocycles. The van der Waals surface area contributed by atoms with Crippen LogP contribution in [0.25, 0.3) is 0 Å². The van der Waals surface area contributed by atoms with Crippen LogP contribution < -0.4 is 0 Å². The van der Waals surface area contributed by atoms with E-state index in [0.29, 0.717) is 11.1 Å². The maximum atomic E-state index is 13.3. The molecule has 5 heteroatoms. The first-order valence-corrected chi connectivity index (χ1v) is 9.95. The molecule has 5 rings (SSSR count). The van der Waals surface area contributed by atoms with E-state index in [0.717, 1.165) is 61.0 Å². The number of rotatable bonds is 2. The Morgan fingerprint density at radius 2 is 2.00 bits per heavy atom. The van der Waals surface area contributed by atoms with Crippen molar-refractivity contribution in [1.82, 2.24) is 4.90 Å². The summed E-state index contributed by atoms with van der Waals surface area (Å²) in [6.07, 6.45) is 6.23. The van der Waals surface area contributed by atoms with Crippen molar-refractivity contribution in [2.24, 2.45) is 4.99 Å². The van der Waals surface area contributed by atoms with Gasteiger partial charge in [-0.25, -0.2) is 4.79 Å². The third-order valence-corrected chi connectivity index (χ3v) is 6.42. The standard InChI is InChI=1S/C23H22N2O3/c26-22(16-7-6-14-10-11-24-19(14)13-16)25-12-2-5-17-20(25)9-8-15-3-1-4-18(21(15)17)23(27)28/h1,3-4,6-7,11,13,17,20H,2,5,8-10,12H2,(H,27,28)/t17?,20-/m0/s1. The van der Waals surface area contributed by atoms with E-state index in [1.165, 1.54) is 0 Å². The van der Waals surface area contributed by atoms with Gasteiger partial charge in [0.2, 0.25) is 0 Å². The highest BCUT2D eigenvalue weighted by Crippen LogP contribution is 2.43. The number of nitrogens with zero attached hydrogens (tertiary/aromatic N) is 2. The molecule has 2 aliphatic heterocycles. The molecule has 1 saturated heterocycles. The van der Waals surface area contributed by atoms with Gasteiger partial charge in [0.05, 0.1) is 11.3 Å². The van der Waals surface area contributed by atoms with Gasteiger partial charge in [-0.2, -0.15) is 0 Å². The molecule has 2 atom stereocenters. The van der Waals surface area contributed by atoms with E-state index in [9.17, 15) is 14.7 Å². The number of amides is 1. The second-order valence-corrected chi connectivity index (χ2v) is 7.90. The van der Waals surface area contributed by atoms with Gasteiger partial charge in [-0.15, -0.1) is 0 Å². The predicted octanol–water partition coefficient (Wildman–Crippen LogP) is 3.98. The predicted molar refractivity (Wildman–Crippen MR) is 107 cm³/mol. The van der Waals surface area contributed by atoms with Crippen molar-refractivity contribution in [2.75, 3.05) is 6.54 Å². The SMILES string of the molecule is O=C(O)c1cccc2c1C1CCCN(C(=O)c3ccc4c(c3)N=CC4)[C@H]1CC2. The van der Waals surface area contributed by atoms with Gasteiger partial charge in [-0.05, 0) is 60.6 Å². The Hall–Kier alpha value is -2.95. The number of aromatic carboxylic acids is 1. The van der Waals surface area contributed by atoms with Crippen molar-refractivity contribution in [2.45, 2.75) is 44.1 Å². The summed E-state index contributed by atoms with van der Waals surface area (Å²) in [5.41, 5.74) is 5.20. The number of carboxylic acids is 1. The minimum absolute atomic E-state index is 0.0378. The van der Waals surface area contributed by atoms with Crippen LogP contribution in [0.4, 0.5) is 5.69 Å². The second kappa shape index (κ2) is 6.59. The molecule has 142 valence electrons. The van der Waals surface area contributed by atoms with E-state index in [1.54, 1.807) is 6.07 Å². The van der Waals surface area contributed by atoms with Crippen molar-refractivity contribution in [3.63, 3.8) is 0 Å². The molecule has 1 N–H and O–H groups in total. The summed E-state index contributed by atoms with van der Waals surface area (Å²) in [6, 6.07) is 11.4. The normalized spacial score (nSPS) is 22.4. The topological polar surface area (TPSA) is 70.0 Å². The fraction of sp³-hybridized carbons (Fsp3) is 0.348. The van der Waals surface area contributed by atoms with E-state index >= 15 is 0 Å². The summed E-state index contributed by atoms with van der Waals surface area (Å²) in [5, 5.41) is 9.68. The highest BCUT2D eigenvalue weighted by molar-refractivity contribution is 5.96. The lowest BCUT2D eigenvalue weighted by molar-refractivity contribution is 0.0544. The molecule has 2 heterocycles. The summed E-state index contributed by atoms with van der Waals surface area (Å²) < 4.78 is 0. The zero-order valence-electron chi connectivity index (χ0n) is 15.6. The fourth-order valence-electron chi connectivity index (χ4n) is 5.16. The Bertz CT molecular complexity index is 1010. The van der Waals surface area contributed by atoms with Crippen molar-refractivity contribution >= 4 is 23.8 Å². The smallest absolute Gasteiger partial charge is 0.335 e. The Balaban J connectivity index is 1.49. The number of hydrogen-bond donors (Lipinski definition) is 1. The van der Waals surface area contributed by atoms with Crippen LogP contribution in [0.1, 0.15) is 62.6 Å². The summed E-state index contributed by atoms with van der Waals surface area (Å²) >= 11 is 0. The molecular weight excluding hydrogens is 352 g/mol. The Morgan fingerprint density at radius 3 is 2.86 bits per heavy atom. The number of carbonyl (C=O) groups excluding carboxylic acids is 1. The molecule has 1 amide bonds. The van der Waals surface area contributed by atoms with Crippen molar-refractivity contribution in [3.05, 3.63) is 64.2 Å². The average Bonchev–Trinajstić information content (AvgIpc) is 3.20. The summed E-state index contributed by atoms with van der Waals surface area (Å²) in [6.45, 7) is 0.727. The first-order valence-electron chi connectivity index (χ1n) is 9.95. The lowest BCUT2D eigenvalue weighted by Gasteiger charge is -2.45. The van der Waals surface area contributed by atoms with E-state index in [4.69, 9.17) is 0 Å². The van der Waals surface area contributed by atoms with E-state index in [2.05, 4.69) is 4.99 Å². The molecule has 0 bridgehead atoms. The van der Waals surface area contributed by atoms with Crippen LogP contribution in [0.3, 0.4) is 0 Å². The van der Waals surface area contributed by atoms with Gasteiger partial charge in [0, 0.05) is 36.7 Å². The van der Waals surface area contributed by atoms with Crippen molar-refractivity contribution < 1.29 is 14.7 Å². The van der Waals surface area contributed by atoms with Gasteiger partial charge < -0.3 is 10.0 Å². The van der Waals surface area contributed by atoms with Gasteiger partial charge in [0.15, 0.2) is 0 Å². The molecule has 2 aromatic carbocycles. The minimum Gasteiger partial charge on any atom is -0.478 e. The third-order valence-electron chi connectivity index (χ3n) is 6.42. The molecule has 3 aliphatic rings. The first-order chi connectivity index (χ1) is 13.6. The Labute approximate surface area is 163 Å². The molecule has 0 spiro atoms. The molecule has 0 aromatic heterocycles. The summed E-state index contributed by atoms with van der Waals surface area (Å²) in [7, 11) is 0. The van der Waals surface area contributed by atoms with Crippen molar-refractivity contribution in [3.8, 4) is 0 Å². The van der Waals surface area contributed by atoms with Gasteiger partial charge in [0.25, 0.3) is 5.91 Å². The molecule has 0 saturated carbocycles. The summed E-state index contributed by atoms with van der Waals surface area (Å²) in [4.78, 5) is 31.5. The van der Waals surface area contributed by atoms with E-state index in [-0.39, 0.29) is 17.9 Å². The van der Waals surface area contributed by atoms with E-state index in [1.807, 2.05) is 41.4 Å². The lowest BCUT2D eigenvalue weighted by atomic mass is 9.72. The zero-order chi connectivity index (χ0) is 19.3. The summed E-state index contributed by atoms with van der Waals surface area (Å²) in [5.74, 6) is -0.741. The molecule has 0 radical (unpaired) electrons. The quantitative estimate of drug-likeness (QED) is 0.864. The third kappa shape index (κ3) is 2.65. The van der Waals surface area contributed by atoms with Gasteiger partial charge in [0.1, 0.15) is 0 Å². The number of carbonyl (C=O) groups is 2. The fourth-order valence-corrected chi connectivity index (χ4v) is 5.16. The van der Waals surface area contributed by atoms with E-state index < -0.39 is 5.97 Å². The monoisotopic (exact) mass is 374 g/mol. The van der Waals surface area contributed by atoms with Gasteiger partial charge in [-0.3, -0.25) is 9.79 Å². The molecule has 2 aromatic rings. The molecule has 1 fully saturated rings. The number of benzene rings is 2. The zero-order valence-corrected chi connectivity index (χ0v) is 15.6. The number of likely N-dealkylation sites (tertiary alicyclic amines) is 1. The molecular formula is C23H22N2O3. The molecule has 5 nitrogen and oxygen atoms in total. The maximum absolute atomic E-state index is 13.3. The van der Waals surface area contributed by atoms with Crippen LogP contribution in [-0.2, 0) is 12.8 Å². The van der Waals surface area contributed by atoms with Crippen LogP contribution in [0.15, 0.2) is 41.4 Å². The number of aliphatic imine (C=N–C) groups is 1. The average molecular weight is 374 g/mol. The van der Waals surface area contributed by atoms with Crippen LogP contribution >= 0.6 is 0 Å². The first kappa shape index (κ1) is 17.2. The van der Waals surface area contributed by atoms with Crippen LogP contribution in [-0.4, -0.2) is 40.7 Å². The Morgan fingerprint density at radius 1 is 1.11 bits per heavy atom. The minimum atomic E-state index is -0.877. The number of hydrogen-bond acceptors (Lipinski definition) is 3. The maximum Gasteiger partial charge on any atom is 0.335 e. The Kier molecular flexibility index (Phi) is 4.04. The van der Waals surface area contributed by atoms with Crippen LogP contribution in [0.5, 0.6) is 0 Å². The highest BCUT2D eigenvalue weighted by Gasteiger charge is 2.40. The second-order valence-electron chi connectivity index (χ2n) is 7.90. The van der Waals surface area contributed by atoms with Gasteiger partial charge >= 0.3 is 5.97 Å². The molecule has 28 heavy (non-hydrogen) atoms.